The molecule has 0 unspecified atom stereocenters. The van der Waals surface area contributed by atoms with Crippen molar-refractivity contribution in [1.82, 2.24) is 20.3 Å². The molecule has 1 aliphatic rings. The van der Waals surface area contributed by atoms with Gasteiger partial charge < -0.3 is 29.4 Å². The number of aromatic amines is 1. The number of carbonyl (C=O) groups is 1. The topological polar surface area (TPSA) is 113 Å². The predicted octanol–water partition coefficient (Wildman–Crippen LogP) is 7.07. The fourth-order valence-electron chi connectivity index (χ4n) is 5.41. The van der Waals surface area contributed by atoms with Crippen LogP contribution in [-0.4, -0.2) is 60.5 Å². The number of likely N-dealkylation sites (tertiary alicyclic amines) is 1. The largest absolute Gasteiger partial charge is 0.493 e. The number of hydrogen-bond donors (Lipinski definition) is 3. The van der Waals surface area contributed by atoms with Gasteiger partial charge in [-0.2, -0.15) is 5.10 Å². The molecule has 0 spiro atoms. The van der Waals surface area contributed by atoms with Crippen molar-refractivity contribution in [3.8, 4) is 23.0 Å². The molecule has 0 aliphatic carbocycles. The van der Waals surface area contributed by atoms with E-state index in [1.165, 1.54) is 37.6 Å². The van der Waals surface area contributed by atoms with E-state index in [2.05, 4.69) is 30.7 Å². The Morgan fingerprint density at radius 1 is 1.02 bits per heavy atom. The standard InChI is InChI=1S/C34H35FN6O4/c1-43-32-20-26-29(21-33(32)44-17-7-16-41-14-5-2-6-15-41)36-13-12-30(26)45-31-11-10-24(19-27(31)35)39-34(42)40-37-22-25-18-23-8-3-4-9-28(23)38-25/h3-4,8-13,18-22,38H,2,5-7,14-17H2,1H3,(H2,39,40,42)/b37-22+. The number of para-hydroxylation sites is 1. The number of pyridine rings is 1. The summed E-state index contributed by atoms with van der Waals surface area (Å²) < 4.78 is 32.7. The summed E-state index contributed by atoms with van der Waals surface area (Å²) in [7, 11) is 1.58. The first-order valence-electron chi connectivity index (χ1n) is 15.0. The molecule has 1 fully saturated rings. The molecule has 5 aromatic rings. The Morgan fingerprint density at radius 2 is 1.89 bits per heavy atom. The number of carbonyl (C=O) groups excluding carboxylic acids is 1. The fourth-order valence-corrected chi connectivity index (χ4v) is 5.41. The lowest BCUT2D eigenvalue weighted by Gasteiger charge is -2.26. The molecule has 2 aromatic heterocycles. The smallest absolute Gasteiger partial charge is 0.339 e. The Kier molecular flexibility index (Phi) is 9.35. The predicted molar refractivity (Wildman–Crippen MR) is 173 cm³/mol. The van der Waals surface area contributed by atoms with E-state index in [1.807, 2.05) is 36.4 Å². The van der Waals surface area contributed by atoms with Crippen molar-refractivity contribution in [1.29, 1.82) is 0 Å². The number of benzene rings is 3. The van der Waals surface area contributed by atoms with Gasteiger partial charge in [0, 0.05) is 46.9 Å². The van der Waals surface area contributed by atoms with Crippen LogP contribution in [-0.2, 0) is 0 Å². The van der Waals surface area contributed by atoms with Crippen LogP contribution in [0.15, 0.2) is 78.0 Å². The molecule has 3 heterocycles. The van der Waals surface area contributed by atoms with Gasteiger partial charge in [0.1, 0.15) is 5.75 Å². The number of fused-ring (bicyclic) bond motifs is 2. The Bertz CT molecular complexity index is 1780. The number of nitrogens with one attached hydrogen (secondary N) is 3. The van der Waals surface area contributed by atoms with Crippen LogP contribution in [0, 0.1) is 5.82 Å². The third-order valence-corrected chi connectivity index (χ3v) is 7.64. The van der Waals surface area contributed by atoms with Crippen molar-refractivity contribution >= 4 is 39.7 Å². The van der Waals surface area contributed by atoms with Crippen LogP contribution in [0.25, 0.3) is 21.8 Å². The van der Waals surface area contributed by atoms with Crippen LogP contribution in [0.4, 0.5) is 14.9 Å². The van der Waals surface area contributed by atoms with Crippen LogP contribution in [0.5, 0.6) is 23.0 Å². The van der Waals surface area contributed by atoms with Crippen LogP contribution >= 0.6 is 0 Å². The minimum absolute atomic E-state index is 0.0118. The number of ether oxygens (including phenoxy) is 3. The highest BCUT2D eigenvalue weighted by Crippen LogP contribution is 2.38. The number of hydrogen-bond acceptors (Lipinski definition) is 7. The average molecular weight is 611 g/mol. The molecule has 0 saturated carbocycles. The highest BCUT2D eigenvalue weighted by molar-refractivity contribution is 5.92. The molecule has 6 rings (SSSR count). The number of piperidine rings is 1. The van der Waals surface area contributed by atoms with Crippen molar-refractivity contribution in [3.63, 3.8) is 0 Å². The molecule has 45 heavy (non-hydrogen) atoms. The first-order valence-corrected chi connectivity index (χ1v) is 15.0. The number of methoxy groups -OCH3 is 1. The number of halogens is 1. The average Bonchev–Trinajstić information content (AvgIpc) is 3.47. The van der Waals surface area contributed by atoms with Gasteiger partial charge in [-0.1, -0.05) is 24.6 Å². The molecule has 232 valence electrons. The molecule has 0 atom stereocenters. The van der Waals surface area contributed by atoms with E-state index >= 15 is 4.39 Å². The van der Waals surface area contributed by atoms with Gasteiger partial charge in [0.05, 0.1) is 31.1 Å². The Hall–Kier alpha value is -5.16. The summed E-state index contributed by atoms with van der Waals surface area (Å²) in [6, 6.07) is 18.5. The third kappa shape index (κ3) is 7.50. The number of hydrazone groups is 1. The molecule has 3 aromatic carbocycles. The molecule has 3 N–H and O–H groups in total. The number of rotatable bonds is 11. The van der Waals surface area contributed by atoms with Gasteiger partial charge in [-0.05, 0) is 68.8 Å². The van der Waals surface area contributed by atoms with E-state index in [0.29, 0.717) is 34.8 Å². The summed E-state index contributed by atoms with van der Waals surface area (Å²) in [5, 5.41) is 8.20. The van der Waals surface area contributed by atoms with E-state index in [1.54, 1.807) is 31.5 Å². The molecule has 11 heteroatoms. The number of aromatic nitrogens is 2. The van der Waals surface area contributed by atoms with Crippen LogP contribution in [0.1, 0.15) is 31.4 Å². The Morgan fingerprint density at radius 3 is 2.71 bits per heavy atom. The zero-order chi connectivity index (χ0) is 31.0. The SMILES string of the molecule is COc1cc2c(Oc3ccc(NC(=O)N/N=C/c4cc5ccccc5[nH]4)cc3F)ccnc2cc1OCCCN1CCCCC1. The first-order chi connectivity index (χ1) is 22.1. The number of nitrogens with zero attached hydrogens (tertiary/aromatic N) is 3. The molecule has 10 nitrogen and oxygen atoms in total. The maximum Gasteiger partial charge on any atom is 0.339 e. The summed E-state index contributed by atoms with van der Waals surface area (Å²) >= 11 is 0. The van der Waals surface area contributed by atoms with E-state index in [9.17, 15) is 4.79 Å². The third-order valence-electron chi connectivity index (χ3n) is 7.64. The van der Waals surface area contributed by atoms with E-state index in [4.69, 9.17) is 14.2 Å². The van der Waals surface area contributed by atoms with Gasteiger partial charge in [0.15, 0.2) is 23.1 Å². The molecular weight excluding hydrogens is 575 g/mol. The molecular formula is C34H35FN6O4. The molecule has 0 radical (unpaired) electrons. The summed E-state index contributed by atoms with van der Waals surface area (Å²) in [5.41, 5.74) is 4.94. The molecule has 2 amide bonds. The van der Waals surface area contributed by atoms with Gasteiger partial charge in [-0.3, -0.25) is 4.98 Å². The van der Waals surface area contributed by atoms with Crippen LogP contribution in [0.3, 0.4) is 0 Å². The second-order valence-electron chi connectivity index (χ2n) is 10.8. The summed E-state index contributed by atoms with van der Waals surface area (Å²) in [6.45, 7) is 3.89. The normalized spacial score (nSPS) is 13.7. The molecule has 1 aliphatic heterocycles. The summed E-state index contributed by atoms with van der Waals surface area (Å²) in [5.74, 6) is 0.872. The first kappa shape index (κ1) is 29.9. The van der Waals surface area contributed by atoms with Crippen molar-refractivity contribution in [2.45, 2.75) is 25.7 Å². The summed E-state index contributed by atoms with van der Waals surface area (Å²) in [4.78, 5) is 22.5. The van der Waals surface area contributed by atoms with E-state index < -0.39 is 11.8 Å². The lowest BCUT2D eigenvalue weighted by Crippen LogP contribution is -2.31. The highest BCUT2D eigenvalue weighted by Gasteiger charge is 2.15. The van der Waals surface area contributed by atoms with Gasteiger partial charge in [-0.25, -0.2) is 14.6 Å². The second-order valence-corrected chi connectivity index (χ2v) is 10.8. The quantitative estimate of drug-likeness (QED) is 0.0838. The minimum Gasteiger partial charge on any atom is -0.493 e. The number of urea groups is 1. The van der Waals surface area contributed by atoms with Gasteiger partial charge in [0.25, 0.3) is 0 Å². The zero-order valence-electron chi connectivity index (χ0n) is 25.0. The maximum absolute atomic E-state index is 15.1. The van der Waals surface area contributed by atoms with Gasteiger partial charge in [-0.15, -0.1) is 0 Å². The molecule has 1 saturated heterocycles. The lowest BCUT2D eigenvalue weighted by atomic mass is 10.1. The van der Waals surface area contributed by atoms with Gasteiger partial charge in [0.2, 0.25) is 0 Å². The number of H-pyrrole nitrogens is 1. The van der Waals surface area contributed by atoms with Crippen molar-refractivity contribution in [2.24, 2.45) is 5.10 Å². The minimum atomic E-state index is -0.653. The number of amides is 2. The second kappa shape index (κ2) is 14.1. The van der Waals surface area contributed by atoms with Crippen molar-refractivity contribution in [2.75, 3.05) is 38.7 Å². The lowest BCUT2D eigenvalue weighted by molar-refractivity contribution is 0.203. The Balaban J connectivity index is 1.07. The van der Waals surface area contributed by atoms with Crippen molar-refractivity contribution < 1.29 is 23.4 Å². The van der Waals surface area contributed by atoms with Crippen molar-refractivity contribution in [3.05, 3.63) is 84.4 Å². The molecule has 0 bridgehead atoms. The highest BCUT2D eigenvalue weighted by atomic mass is 19.1. The monoisotopic (exact) mass is 610 g/mol. The van der Waals surface area contributed by atoms with Gasteiger partial charge >= 0.3 is 6.03 Å². The fraction of sp³-hybridized carbons (Fsp3) is 0.265. The van der Waals surface area contributed by atoms with E-state index in [-0.39, 0.29) is 11.4 Å². The zero-order valence-corrected chi connectivity index (χ0v) is 25.0. The Labute approximate surface area is 260 Å². The number of anilines is 1. The summed E-state index contributed by atoms with van der Waals surface area (Å²) in [6.07, 6.45) is 7.86. The van der Waals surface area contributed by atoms with Crippen LogP contribution in [0.2, 0.25) is 0 Å². The van der Waals surface area contributed by atoms with E-state index in [0.717, 1.165) is 42.7 Å². The van der Waals surface area contributed by atoms with Crippen LogP contribution < -0.4 is 25.0 Å². The maximum atomic E-state index is 15.1.